The lowest BCUT2D eigenvalue weighted by molar-refractivity contribution is 0.0679. The van der Waals surface area contributed by atoms with Crippen LogP contribution in [0.3, 0.4) is 0 Å². The number of aryl methyl sites for hydroxylation is 1. The Morgan fingerprint density at radius 1 is 1.75 bits per heavy atom. The molecule has 0 bridgehead atoms. The van der Waals surface area contributed by atoms with Gasteiger partial charge in [0.2, 0.25) is 5.82 Å². The summed E-state index contributed by atoms with van der Waals surface area (Å²) in [6.45, 7) is 0. The number of aromatic carboxylic acids is 1. The van der Waals surface area contributed by atoms with Crippen molar-refractivity contribution in [1.29, 1.82) is 0 Å². The van der Waals surface area contributed by atoms with Gasteiger partial charge in [-0.2, -0.15) is 0 Å². The van der Waals surface area contributed by atoms with Gasteiger partial charge in [0.15, 0.2) is 0 Å². The van der Waals surface area contributed by atoms with Crippen molar-refractivity contribution in [3.05, 3.63) is 17.7 Å². The summed E-state index contributed by atoms with van der Waals surface area (Å²) in [6.07, 6.45) is 4.10. The molecule has 1 aliphatic rings. The number of aromatic nitrogens is 2. The maximum atomic E-state index is 10.6. The van der Waals surface area contributed by atoms with Crippen molar-refractivity contribution < 1.29 is 9.90 Å². The first-order chi connectivity index (χ1) is 5.68. The van der Waals surface area contributed by atoms with E-state index >= 15 is 0 Å². The largest absolute Gasteiger partial charge is 0.475 e. The molecule has 0 amide bonds. The Morgan fingerprint density at radius 3 is 2.83 bits per heavy atom. The molecule has 64 valence electrons. The second kappa shape index (κ2) is 2.33. The zero-order chi connectivity index (χ0) is 8.72. The lowest BCUT2D eigenvalue weighted by Gasteiger charge is -1.90. The van der Waals surface area contributed by atoms with Gasteiger partial charge in [0.05, 0.1) is 5.69 Å². The van der Waals surface area contributed by atoms with Gasteiger partial charge in [0.25, 0.3) is 0 Å². The van der Waals surface area contributed by atoms with Crippen LogP contribution in [0.5, 0.6) is 0 Å². The zero-order valence-corrected chi connectivity index (χ0v) is 6.82. The number of hydrogen-bond acceptors (Lipinski definition) is 2. The molecule has 0 aliphatic heterocycles. The maximum absolute atomic E-state index is 10.6. The van der Waals surface area contributed by atoms with E-state index in [0.29, 0.717) is 5.92 Å². The number of rotatable bonds is 2. The van der Waals surface area contributed by atoms with Crippen molar-refractivity contribution in [1.82, 2.24) is 9.55 Å². The summed E-state index contributed by atoms with van der Waals surface area (Å²) in [4.78, 5) is 14.6. The first-order valence-corrected chi connectivity index (χ1v) is 3.95. The number of carboxylic acids is 1. The summed E-state index contributed by atoms with van der Waals surface area (Å²) in [6, 6.07) is 0. The first kappa shape index (κ1) is 7.34. The first-order valence-electron chi connectivity index (χ1n) is 3.95. The summed E-state index contributed by atoms with van der Waals surface area (Å²) in [5, 5.41) is 8.70. The van der Waals surface area contributed by atoms with Crippen LogP contribution in [0.4, 0.5) is 0 Å². The van der Waals surface area contributed by atoms with Crippen molar-refractivity contribution in [2.24, 2.45) is 7.05 Å². The molecular formula is C8H10N2O2. The average Bonchev–Trinajstić information content (AvgIpc) is 2.75. The van der Waals surface area contributed by atoms with Crippen LogP contribution in [-0.2, 0) is 7.05 Å². The van der Waals surface area contributed by atoms with Crippen LogP contribution in [0.25, 0.3) is 0 Å². The molecule has 1 fully saturated rings. The molecule has 0 atom stereocenters. The maximum Gasteiger partial charge on any atom is 0.372 e. The molecular weight excluding hydrogens is 156 g/mol. The third-order valence-corrected chi connectivity index (χ3v) is 2.08. The molecule has 1 aromatic rings. The van der Waals surface area contributed by atoms with Crippen LogP contribution in [0.15, 0.2) is 6.20 Å². The highest BCUT2D eigenvalue weighted by molar-refractivity contribution is 5.83. The van der Waals surface area contributed by atoms with Gasteiger partial charge < -0.3 is 9.67 Å². The molecule has 12 heavy (non-hydrogen) atoms. The fraction of sp³-hybridized carbons (Fsp3) is 0.500. The molecule has 1 N–H and O–H groups in total. The van der Waals surface area contributed by atoms with Gasteiger partial charge in [-0.3, -0.25) is 0 Å². The third kappa shape index (κ3) is 1.09. The summed E-state index contributed by atoms with van der Waals surface area (Å²) in [5.41, 5.74) is 0.926. The van der Waals surface area contributed by atoms with Crippen LogP contribution < -0.4 is 0 Å². The molecule has 1 aromatic heterocycles. The monoisotopic (exact) mass is 166 g/mol. The Kier molecular flexibility index (Phi) is 1.43. The smallest absolute Gasteiger partial charge is 0.372 e. The minimum atomic E-state index is -0.954. The molecule has 0 unspecified atom stereocenters. The Balaban J connectivity index is 2.36. The highest BCUT2D eigenvalue weighted by Crippen LogP contribution is 2.39. The quantitative estimate of drug-likeness (QED) is 0.712. The van der Waals surface area contributed by atoms with E-state index in [9.17, 15) is 4.79 Å². The second-order valence-corrected chi connectivity index (χ2v) is 3.18. The van der Waals surface area contributed by atoms with Crippen molar-refractivity contribution in [3.63, 3.8) is 0 Å². The van der Waals surface area contributed by atoms with E-state index in [-0.39, 0.29) is 5.82 Å². The molecule has 2 rings (SSSR count). The average molecular weight is 166 g/mol. The molecule has 1 saturated carbocycles. The minimum absolute atomic E-state index is 0.136. The van der Waals surface area contributed by atoms with E-state index in [1.54, 1.807) is 17.8 Å². The van der Waals surface area contributed by atoms with Gasteiger partial charge in [0, 0.05) is 19.2 Å². The van der Waals surface area contributed by atoms with E-state index in [1.165, 1.54) is 0 Å². The molecule has 4 heteroatoms. The Bertz CT molecular complexity index is 326. The molecule has 0 radical (unpaired) electrons. The topological polar surface area (TPSA) is 55.1 Å². The van der Waals surface area contributed by atoms with Gasteiger partial charge in [-0.25, -0.2) is 9.78 Å². The minimum Gasteiger partial charge on any atom is -0.475 e. The number of imidazole rings is 1. The predicted molar refractivity (Wildman–Crippen MR) is 42.1 cm³/mol. The lowest BCUT2D eigenvalue weighted by Crippen LogP contribution is -2.05. The number of hydrogen-bond donors (Lipinski definition) is 1. The van der Waals surface area contributed by atoms with E-state index in [2.05, 4.69) is 4.98 Å². The Hall–Kier alpha value is -1.32. The van der Waals surface area contributed by atoms with Gasteiger partial charge in [-0.1, -0.05) is 0 Å². The van der Waals surface area contributed by atoms with E-state index in [4.69, 9.17) is 5.11 Å². The van der Waals surface area contributed by atoms with Crippen LogP contribution in [-0.4, -0.2) is 20.6 Å². The number of carboxylic acid groups (broad SMARTS) is 1. The number of carbonyl (C=O) groups is 1. The lowest BCUT2D eigenvalue weighted by atomic mass is 10.3. The molecule has 4 nitrogen and oxygen atoms in total. The van der Waals surface area contributed by atoms with Crippen molar-refractivity contribution >= 4 is 5.97 Å². The van der Waals surface area contributed by atoms with Crippen LogP contribution >= 0.6 is 0 Å². The summed E-state index contributed by atoms with van der Waals surface area (Å²) in [7, 11) is 1.71. The Morgan fingerprint density at radius 2 is 2.42 bits per heavy atom. The number of nitrogens with zero attached hydrogens (tertiary/aromatic N) is 2. The van der Waals surface area contributed by atoms with E-state index in [1.807, 2.05) is 0 Å². The van der Waals surface area contributed by atoms with E-state index in [0.717, 1.165) is 18.5 Å². The SMILES string of the molecule is Cn1cc(C2CC2)nc1C(=O)O. The van der Waals surface area contributed by atoms with Crippen molar-refractivity contribution in [2.75, 3.05) is 0 Å². The second-order valence-electron chi connectivity index (χ2n) is 3.18. The van der Waals surface area contributed by atoms with Crippen LogP contribution in [0.2, 0.25) is 0 Å². The summed E-state index contributed by atoms with van der Waals surface area (Å²) < 4.78 is 1.57. The standard InChI is InChI=1S/C8H10N2O2/c1-10-4-6(5-2-3-5)9-7(10)8(11)12/h4-5H,2-3H2,1H3,(H,11,12). The fourth-order valence-electron chi connectivity index (χ4n) is 1.26. The van der Waals surface area contributed by atoms with Gasteiger partial charge in [-0.05, 0) is 12.8 Å². The zero-order valence-electron chi connectivity index (χ0n) is 6.82. The van der Waals surface area contributed by atoms with Crippen LogP contribution in [0, 0.1) is 0 Å². The molecule has 1 heterocycles. The molecule has 0 aromatic carbocycles. The molecule has 1 aliphatic carbocycles. The molecule has 0 spiro atoms. The summed E-state index contributed by atoms with van der Waals surface area (Å²) in [5.74, 6) is -0.300. The highest BCUT2D eigenvalue weighted by atomic mass is 16.4. The van der Waals surface area contributed by atoms with Crippen LogP contribution in [0.1, 0.15) is 35.1 Å². The van der Waals surface area contributed by atoms with E-state index < -0.39 is 5.97 Å². The Labute approximate surface area is 69.8 Å². The highest BCUT2D eigenvalue weighted by Gasteiger charge is 2.27. The predicted octanol–water partition coefficient (Wildman–Crippen LogP) is 0.996. The van der Waals surface area contributed by atoms with Gasteiger partial charge in [0.1, 0.15) is 0 Å². The van der Waals surface area contributed by atoms with Gasteiger partial charge >= 0.3 is 5.97 Å². The third-order valence-electron chi connectivity index (χ3n) is 2.08. The summed E-state index contributed by atoms with van der Waals surface area (Å²) >= 11 is 0. The normalized spacial score (nSPS) is 16.4. The molecule has 0 saturated heterocycles. The van der Waals surface area contributed by atoms with Crippen molar-refractivity contribution in [3.8, 4) is 0 Å². The van der Waals surface area contributed by atoms with Crippen molar-refractivity contribution in [2.45, 2.75) is 18.8 Å². The van der Waals surface area contributed by atoms with Gasteiger partial charge in [-0.15, -0.1) is 0 Å². The fourth-order valence-corrected chi connectivity index (χ4v) is 1.26.